The molecule has 0 aliphatic carbocycles. The molecule has 2 aromatic rings. The number of benzene rings is 1. The van der Waals surface area contributed by atoms with Crippen LogP contribution in [0.2, 0.25) is 0 Å². The van der Waals surface area contributed by atoms with Crippen molar-refractivity contribution in [3.05, 3.63) is 41.6 Å². The summed E-state index contributed by atoms with van der Waals surface area (Å²) in [7, 11) is -3.23. The molecular formula is C20H28N4O3S. The number of piperidine rings is 1. The Hall–Kier alpha value is -1.74. The molecule has 2 fully saturated rings. The molecule has 0 spiro atoms. The number of aryl methyl sites for hydroxylation is 1. The van der Waals surface area contributed by atoms with E-state index < -0.39 is 10.0 Å². The van der Waals surface area contributed by atoms with Crippen LogP contribution in [0.15, 0.2) is 30.5 Å². The second kappa shape index (κ2) is 7.26. The quantitative estimate of drug-likeness (QED) is 0.788. The normalized spacial score (nSPS) is 26.5. The summed E-state index contributed by atoms with van der Waals surface area (Å²) in [6, 6.07) is 8.38. The molecule has 0 unspecified atom stereocenters. The highest BCUT2D eigenvalue weighted by molar-refractivity contribution is 7.88. The van der Waals surface area contributed by atoms with Crippen LogP contribution in [-0.2, 0) is 16.6 Å². The van der Waals surface area contributed by atoms with Crippen molar-refractivity contribution in [3.63, 3.8) is 0 Å². The molecule has 3 heterocycles. The molecule has 0 saturated carbocycles. The Labute approximate surface area is 166 Å². The summed E-state index contributed by atoms with van der Waals surface area (Å²) in [6.45, 7) is 5.42. The number of nitrogens with zero attached hydrogens (tertiary/aromatic N) is 3. The number of hydrogen-bond acceptors (Lipinski definition) is 5. The molecule has 2 atom stereocenters. The van der Waals surface area contributed by atoms with Gasteiger partial charge < -0.3 is 5.11 Å². The molecule has 4 rings (SSSR count). The lowest BCUT2D eigenvalue weighted by molar-refractivity contribution is 0.0171. The molecule has 1 aromatic heterocycles. The molecule has 0 amide bonds. The van der Waals surface area contributed by atoms with Crippen molar-refractivity contribution >= 4 is 10.0 Å². The lowest BCUT2D eigenvalue weighted by atomic mass is 9.73. The first-order valence-electron chi connectivity index (χ1n) is 9.68. The Bertz CT molecular complexity index is 941. The number of nitrogens with one attached hydrogen (secondary N) is 1. The molecule has 2 saturated heterocycles. The van der Waals surface area contributed by atoms with Crippen LogP contribution >= 0.6 is 0 Å². The minimum Gasteiger partial charge on any atom is -0.396 e. The molecule has 1 aromatic carbocycles. The monoisotopic (exact) mass is 404 g/mol. The van der Waals surface area contributed by atoms with Crippen molar-refractivity contribution in [2.75, 3.05) is 39.0 Å². The maximum atomic E-state index is 12.0. The number of aliphatic hydroxyl groups excluding tert-OH is 1. The van der Waals surface area contributed by atoms with E-state index in [4.69, 9.17) is 0 Å². The van der Waals surface area contributed by atoms with Gasteiger partial charge in [-0.25, -0.2) is 12.7 Å². The number of hydrogen-bond donors (Lipinski definition) is 2. The van der Waals surface area contributed by atoms with Crippen LogP contribution in [0.1, 0.15) is 17.5 Å². The van der Waals surface area contributed by atoms with Crippen molar-refractivity contribution in [2.45, 2.75) is 19.9 Å². The molecule has 2 aliphatic rings. The molecule has 152 valence electrons. The van der Waals surface area contributed by atoms with Crippen molar-refractivity contribution in [1.29, 1.82) is 0 Å². The maximum absolute atomic E-state index is 12.0. The number of likely N-dealkylation sites (tertiary alicyclic amines) is 1. The third-order valence-electron chi connectivity index (χ3n) is 6.42. The summed E-state index contributed by atoms with van der Waals surface area (Å²) >= 11 is 0. The van der Waals surface area contributed by atoms with E-state index in [1.807, 2.05) is 6.20 Å². The molecule has 0 bridgehead atoms. The van der Waals surface area contributed by atoms with Crippen molar-refractivity contribution in [3.8, 4) is 11.3 Å². The van der Waals surface area contributed by atoms with Gasteiger partial charge in [-0.2, -0.15) is 5.10 Å². The van der Waals surface area contributed by atoms with Gasteiger partial charge in [0.05, 0.1) is 24.8 Å². The summed E-state index contributed by atoms with van der Waals surface area (Å²) in [4.78, 5) is 2.35. The fourth-order valence-electron chi connectivity index (χ4n) is 4.60. The molecule has 2 N–H and O–H groups in total. The van der Waals surface area contributed by atoms with Crippen molar-refractivity contribution in [1.82, 2.24) is 19.4 Å². The summed E-state index contributed by atoms with van der Waals surface area (Å²) in [6.07, 6.45) is 3.94. The highest BCUT2D eigenvalue weighted by Gasteiger charge is 2.51. The fraction of sp³-hybridized carbons (Fsp3) is 0.550. The molecule has 0 radical (unpaired) electrons. The van der Waals surface area contributed by atoms with Crippen LogP contribution in [0.5, 0.6) is 0 Å². The standard InChI is InChI=1S/C20H28N4O3S/c1-15-3-5-16(6-4-15)19-17(9-21-22-19)10-23-8-7-20(14-25)13-24(28(2,26)27)12-18(20)11-23/h3-6,9,18,25H,7-8,10-14H2,1-2H3,(H,21,22)/t18-,20+/m1/s1. The minimum absolute atomic E-state index is 0.0395. The van der Waals surface area contributed by atoms with Gasteiger partial charge in [-0.3, -0.25) is 10.00 Å². The number of aromatic nitrogens is 2. The zero-order valence-corrected chi connectivity index (χ0v) is 17.2. The van der Waals surface area contributed by atoms with E-state index in [2.05, 4.69) is 46.3 Å². The smallest absolute Gasteiger partial charge is 0.211 e. The Morgan fingerprint density at radius 3 is 2.71 bits per heavy atom. The number of sulfonamides is 1. The summed E-state index contributed by atoms with van der Waals surface area (Å²) in [5, 5.41) is 17.4. The van der Waals surface area contributed by atoms with E-state index in [1.54, 1.807) is 0 Å². The van der Waals surface area contributed by atoms with Gasteiger partial charge in [-0.15, -0.1) is 0 Å². The number of fused-ring (bicyclic) bond motifs is 1. The van der Waals surface area contributed by atoms with Gasteiger partial charge >= 0.3 is 0 Å². The van der Waals surface area contributed by atoms with E-state index in [9.17, 15) is 13.5 Å². The van der Waals surface area contributed by atoms with E-state index in [1.165, 1.54) is 16.1 Å². The summed E-state index contributed by atoms with van der Waals surface area (Å²) < 4.78 is 25.6. The van der Waals surface area contributed by atoms with Gasteiger partial charge in [0.1, 0.15) is 0 Å². The fourth-order valence-corrected chi connectivity index (χ4v) is 5.54. The first-order valence-corrected chi connectivity index (χ1v) is 11.5. The Morgan fingerprint density at radius 1 is 1.29 bits per heavy atom. The zero-order chi connectivity index (χ0) is 19.9. The second-order valence-corrected chi connectivity index (χ2v) is 10.4. The van der Waals surface area contributed by atoms with Crippen LogP contribution in [0, 0.1) is 18.3 Å². The topological polar surface area (TPSA) is 89.5 Å². The lowest BCUT2D eigenvalue weighted by Gasteiger charge is -2.42. The Balaban J connectivity index is 1.50. The summed E-state index contributed by atoms with van der Waals surface area (Å²) in [5.74, 6) is 0.149. The minimum atomic E-state index is -3.23. The largest absolute Gasteiger partial charge is 0.396 e. The zero-order valence-electron chi connectivity index (χ0n) is 16.4. The predicted molar refractivity (Wildman–Crippen MR) is 108 cm³/mol. The third kappa shape index (κ3) is 3.61. The maximum Gasteiger partial charge on any atom is 0.211 e. The SMILES string of the molecule is Cc1ccc(-c2[nH]ncc2CN2CC[C@@]3(CO)CN(S(C)(=O)=O)C[C@H]3C2)cc1. The van der Waals surface area contributed by atoms with Crippen LogP contribution in [-0.4, -0.2) is 72.0 Å². The average molecular weight is 405 g/mol. The molecule has 28 heavy (non-hydrogen) atoms. The molecule has 8 heteroatoms. The van der Waals surface area contributed by atoms with E-state index >= 15 is 0 Å². The predicted octanol–water partition coefficient (Wildman–Crippen LogP) is 1.46. The van der Waals surface area contributed by atoms with Gasteiger partial charge in [0.25, 0.3) is 0 Å². The van der Waals surface area contributed by atoms with E-state index in [0.717, 1.165) is 42.9 Å². The van der Waals surface area contributed by atoms with Gasteiger partial charge in [-0.05, 0) is 31.4 Å². The van der Waals surface area contributed by atoms with Gasteiger partial charge in [0.15, 0.2) is 0 Å². The van der Waals surface area contributed by atoms with Crippen LogP contribution in [0.25, 0.3) is 11.3 Å². The summed E-state index contributed by atoms with van der Waals surface area (Å²) in [5.41, 5.74) is 4.19. The first-order chi connectivity index (χ1) is 13.3. The van der Waals surface area contributed by atoms with Gasteiger partial charge in [0, 0.05) is 37.2 Å². The molecular weight excluding hydrogens is 376 g/mol. The highest BCUT2D eigenvalue weighted by Crippen LogP contribution is 2.43. The average Bonchev–Trinajstić information content (AvgIpc) is 3.27. The molecule has 2 aliphatic heterocycles. The van der Waals surface area contributed by atoms with Gasteiger partial charge in [0.2, 0.25) is 10.0 Å². The van der Waals surface area contributed by atoms with E-state index in [0.29, 0.717) is 13.1 Å². The number of H-pyrrole nitrogens is 1. The van der Waals surface area contributed by atoms with Crippen molar-refractivity contribution < 1.29 is 13.5 Å². The van der Waals surface area contributed by atoms with Gasteiger partial charge in [-0.1, -0.05) is 29.8 Å². The number of rotatable bonds is 5. The number of aliphatic hydroxyl groups is 1. The highest BCUT2D eigenvalue weighted by atomic mass is 32.2. The Morgan fingerprint density at radius 2 is 2.04 bits per heavy atom. The van der Waals surface area contributed by atoms with Crippen molar-refractivity contribution in [2.24, 2.45) is 11.3 Å². The van der Waals surface area contributed by atoms with Crippen LogP contribution in [0.3, 0.4) is 0 Å². The van der Waals surface area contributed by atoms with Crippen LogP contribution in [0.4, 0.5) is 0 Å². The lowest BCUT2D eigenvalue weighted by Crippen LogP contribution is -2.48. The Kier molecular flexibility index (Phi) is 5.07. The van der Waals surface area contributed by atoms with E-state index in [-0.39, 0.29) is 17.9 Å². The number of aromatic amines is 1. The third-order valence-corrected chi connectivity index (χ3v) is 7.64. The second-order valence-electron chi connectivity index (χ2n) is 8.39. The molecule has 7 nitrogen and oxygen atoms in total. The first kappa shape index (κ1) is 19.6. The van der Waals surface area contributed by atoms with Crippen LogP contribution < -0.4 is 0 Å².